The van der Waals surface area contributed by atoms with Gasteiger partial charge in [-0.3, -0.25) is 0 Å². The van der Waals surface area contributed by atoms with E-state index < -0.39 is 0 Å². The van der Waals surface area contributed by atoms with Crippen LogP contribution in [0.4, 0.5) is 0 Å². The number of hydrogen-bond acceptors (Lipinski definition) is 2. The normalized spacial score (nSPS) is 23.1. The Morgan fingerprint density at radius 2 is 1.79 bits per heavy atom. The van der Waals surface area contributed by atoms with Crippen molar-refractivity contribution < 1.29 is 0 Å². The van der Waals surface area contributed by atoms with E-state index in [2.05, 4.69) is 35.5 Å². The number of nitrogens with one attached hydrogen (secondary N) is 1. The number of benzene rings is 1. The molecule has 1 aromatic rings. The van der Waals surface area contributed by atoms with Crippen molar-refractivity contribution >= 4 is 11.6 Å². The lowest BCUT2D eigenvalue weighted by Gasteiger charge is -2.37. The van der Waals surface area contributed by atoms with Crippen LogP contribution in [0.3, 0.4) is 0 Å². The van der Waals surface area contributed by atoms with Gasteiger partial charge in [0.25, 0.3) is 0 Å². The van der Waals surface area contributed by atoms with E-state index in [9.17, 15) is 0 Å². The Morgan fingerprint density at radius 1 is 1.08 bits per heavy atom. The molecule has 2 aliphatic rings. The lowest BCUT2D eigenvalue weighted by Crippen LogP contribution is -2.43. The molecule has 1 aliphatic heterocycles. The summed E-state index contributed by atoms with van der Waals surface area (Å²) in [5.74, 6) is 1.47. The van der Waals surface area contributed by atoms with Crippen LogP contribution < -0.4 is 5.32 Å². The SMILES string of the molecule is CNC1CCN(CC(c2cccc(Cl)c2)C2CCCCCC2)CC1. The third kappa shape index (κ3) is 4.97. The average Bonchev–Trinajstić information content (AvgIpc) is 2.89. The predicted molar refractivity (Wildman–Crippen MR) is 104 cm³/mol. The molecule has 1 saturated heterocycles. The first-order chi connectivity index (χ1) is 11.8. The van der Waals surface area contributed by atoms with Gasteiger partial charge in [-0.25, -0.2) is 0 Å². The van der Waals surface area contributed by atoms with Crippen molar-refractivity contribution in [1.29, 1.82) is 0 Å². The second-order valence-electron chi connectivity index (χ2n) is 7.78. The van der Waals surface area contributed by atoms with Gasteiger partial charge in [0, 0.05) is 17.6 Å². The molecule has 1 saturated carbocycles. The summed E-state index contributed by atoms with van der Waals surface area (Å²) in [6.45, 7) is 3.67. The first-order valence-electron chi connectivity index (χ1n) is 9.91. The Morgan fingerprint density at radius 3 is 2.42 bits per heavy atom. The molecule has 24 heavy (non-hydrogen) atoms. The quantitative estimate of drug-likeness (QED) is 0.746. The van der Waals surface area contributed by atoms with Crippen LogP contribution in [0.2, 0.25) is 5.02 Å². The summed E-state index contributed by atoms with van der Waals surface area (Å²) in [7, 11) is 2.10. The zero-order chi connectivity index (χ0) is 16.8. The fraction of sp³-hybridized carbons (Fsp3) is 0.714. The van der Waals surface area contributed by atoms with Gasteiger partial charge in [0.05, 0.1) is 0 Å². The van der Waals surface area contributed by atoms with Gasteiger partial charge < -0.3 is 10.2 Å². The van der Waals surface area contributed by atoms with Gasteiger partial charge in [-0.15, -0.1) is 0 Å². The van der Waals surface area contributed by atoms with Crippen molar-refractivity contribution in [3.05, 3.63) is 34.9 Å². The summed E-state index contributed by atoms with van der Waals surface area (Å²) in [5, 5.41) is 4.33. The summed E-state index contributed by atoms with van der Waals surface area (Å²) >= 11 is 6.32. The highest BCUT2D eigenvalue weighted by molar-refractivity contribution is 6.30. The van der Waals surface area contributed by atoms with Crippen LogP contribution in [0.5, 0.6) is 0 Å². The fourth-order valence-corrected chi connectivity index (χ4v) is 4.86. The molecular weight excluding hydrogens is 316 g/mol. The fourth-order valence-electron chi connectivity index (χ4n) is 4.66. The van der Waals surface area contributed by atoms with Gasteiger partial charge in [0.2, 0.25) is 0 Å². The Kier molecular flexibility index (Phi) is 7.00. The molecule has 2 nitrogen and oxygen atoms in total. The Labute approximate surface area is 153 Å². The van der Waals surface area contributed by atoms with E-state index in [-0.39, 0.29) is 0 Å². The molecule has 3 heteroatoms. The highest BCUT2D eigenvalue weighted by atomic mass is 35.5. The van der Waals surface area contributed by atoms with E-state index in [0.29, 0.717) is 12.0 Å². The van der Waals surface area contributed by atoms with Crippen molar-refractivity contribution in [2.45, 2.75) is 63.3 Å². The lowest BCUT2D eigenvalue weighted by molar-refractivity contribution is 0.171. The van der Waals surface area contributed by atoms with Gasteiger partial charge in [-0.1, -0.05) is 49.4 Å². The first kappa shape index (κ1) is 18.2. The topological polar surface area (TPSA) is 15.3 Å². The van der Waals surface area contributed by atoms with Crippen molar-refractivity contribution in [2.24, 2.45) is 5.92 Å². The maximum Gasteiger partial charge on any atom is 0.0408 e. The molecular formula is C21H33ClN2. The van der Waals surface area contributed by atoms with Gasteiger partial charge in [-0.05, 0) is 75.4 Å². The molecule has 2 fully saturated rings. The highest BCUT2D eigenvalue weighted by Crippen LogP contribution is 2.37. The second kappa shape index (κ2) is 9.22. The average molecular weight is 349 g/mol. The van der Waals surface area contributed by atoms with Crippen LogP contribution in [-0.2, 0) is 0 Å². The lowest BCUT2D eigenvalue weighted by atomic mass is 9.80. The van der Waals surface area contributed by atoms with Crippen LogP contribution in [0.1, 0.15) is 62.8 Å². The van der Waals surface area contributed by atoms with E-state index in [1.54, 1.807) is 0 Å². The van der Waals surface area contributed by atoms with Crippen molar-refractivity contribution in [2.75, 3.05) is 26.7 Å². The zero-order valence-corrected chi connectivity index (χ0v) is 15.9. The van der Waals surface area contributed by atoms with E-state index in [1.165, 1.54) is 76.6 Å². The van der Waals surface area contributed by atoms with Gasteiger partial charge in [0.1, 0.15) is 0 Å². The van der Waals surface area contributed by atoms with Gasteiger partial charge in [0.15, 0.2) is 0 Å². The zero-order valence-electron chi connectivity index (χ0n) is 15.1. The van der Waals surface area contributed by atoms with Crippen molar-refractivity contribution in [3.63, 3.8) is 0 Å². The van der Waals surface area contributed by atoms with Crippen LogP contribution in [0, 0.1) is 5.92 Å². The Balaban J connectivity index is 1.72. The largest absolute Gasteiger partial charge is 0.317 e. The molecule has 0 bridgehead atoms. The van der Waals surface area contributed by atoms with E-state index in [1.807, 2.05) is 6.07 Å². The van der Waals surface area contributed by atoms with E-state index in [0.717, 1.165) is 10.9 Å². The molecule has 1 atom stereocenters. The summed E-state index contributed by atoms with van der Waals surface area (Å²) < 4.78 is 0. The maximum absolute atomic E-state index is 6.32. The Bertz CT molecular complexity index is 488. The molecule has 3 rings (SSSR count). The molecule has 0 radical (unpaired) electrons. The van der Waals surface area contributed by atoms with Gasteiger partial charge in [-0.2, -0.15) is 0 Å². The van der Waals surface area contributed by atoms with Crippen LogP contribution >= 0.6 is 11.6 Å². The maximum atomic E-state index is 6.32. The molecule has 134 valence electrons. The number of hydrogen-bond donors (Lipinski definition) is 1. The van der Waals surface area contributed by atoms with Crippen LogP contribution in [0.15, 0.2) is 24.3 Å². The summed E-state index contributed by atoms with van der Waals surface area (Å²) in [6.07, 6.45) is 11.0. The summed E-state index contributed by atoms with van der Waals surface area (Å²) in [6, 6.07) is 9.38. The number of piperidine rings is 1. The van der Waals surface area contributed by atoms with E-state index >= 15 is 0 Å². The monoisotopic (exact) mass is 348 g/mol. The number of nitrogens with zero attached hydrogens (tertiary/aromatic N) is 1. The van der Waals surface area contributed by atoms with Crippen molar-refractivity contribution in [3.8, 4) is 0 Å². The molecule has 0 aromatic heterocycles. The minimum atomic E-state index is 0.646. The standard InChI is InChI=1S/C21H33ClN2/c1-23-20-11-13-24(14-12-20)16-21(17-7-4-2-3-5-8-17)18-9-6-10-19(22)15-18/h6,9-10,15,17,20-21,23H,2-5,7-8,11-14,16H2,1H3. The first-order valence-corrected chi connectivity index (χ1v) is 10.3. The summed E-state index contributed by atoms with van der Waals surface area (Å²) in [5.41, 5.74) is 1.46. The summed E-state index contributed by atoms with van der Waals surface area (Å²) in [4.78, 5) is 2.70. The molecule has 0 amide bonds. The molecule has 1 aliphatic carbocycles. The number of likely N-dealkylation sites (tertiary alicyclic amines) is 1. The van der Waals surface area contributed by atoms with Crippen LogP contribution in [0.25, 0.3) is 0 Å². The van der Waals surface area contributed by atoms with E-state index in [4.69, 9.17) is 11.6 Å². The smallest absolute Gasteiger partial charge is 0.0408 e. The molecule has 1 N–H and O–H groups in total. The molecule has 0 spiro atoms. The number of rotatable bonds is 5. The molecule has 1 aromatic carbocycles. The van der Waals surface area contributed by atoms with Gasteiger partial charge >= 0.3 is 0 Å². The molecule has 1 heterocycles. The Hall–Kier alpha value is -0.570. The third-order valence-electron chi connectivity index (χ3n) is 6.20. The second-order valence-corrected chi connectivity index (χ2v) is 8.21. The predicted octanol–water partition coefficient (Wildman–Crippen LogP) is 5.08. The minimum Gasteiger partial charge on any atom is -0.317 e. The number of halogens is 1. The minimum absolute atomic E-state index is 0.646. The highest BCUT2D eigenvalue weighted by Gasteiger charge is 2.28. The molecule has 1 unspecified atom stereocenters. The third-order valence-corrected chi connectivity index (χ3v) is 6.43. The van der Waals surface area contributed by atoms with Crippen LogP contribution in [-0.4, -0.2) is 37.6 Å². The van der Waals surface area contributed by atoms with Crippen molar-refractivity contribution in [1.82, 2.24) is 10.2 Å².